The van der Waals surface area contributed by atoms with Crippen molar-refractivity contribution in [3.05, 3.63) is 35.4 Å². The van der Waals surface area contributed by atoms with Gasteiger partial charge in [-0.1, -0.05) is 38.8 Å². The molecule has 1 aromatic rings. The number of nitrogens with zero attached hydrogens (tertiary/aromatic N) is 2. The average Bonchev–Trinajstić information content (AvgIpc) is 2.89. The van der Waals surface area contributed by atoms with Crippen molar-refractivity contribution in [2.45, 2.75) is 65.0 Å². The van der Waals surface area contributed by atoms with Crippen LogP contribution in [0.5, 0.6) is 0 Å². The van der Waals surface area contributed by atoms with Crippen LogP contribution in [0.25, 0.3) is 0 Å². The molecule has 0 unspecified atom stereocenters. The number of hydrogen-bond acceptors (Lipinski definition) is 5. The highest BCUT2D eigenvalue weighted by Crippen LogP contribution is 2.27. The predicted octanol–water partition coefficient (Wildman–Crippen LogP) is 3.03. The van der Waals surface area contributed by atoms with E-state index >= 15 is 0 Å². The van der Waals surface area contributed by atoms with Crippen molar-refractivity contribution in [2.75, 3.05) is 13.1 Å². The molecule has 162 valence electrons. The molecular formula is C23H30N2O5. The molecule has 3 amide bonds. The molecule has 1 saturated heterocycles. The van der Waals surface area contributed by atoms with E-state index in [2.05, 4.69) is 0 Å². The molecule has 30 heavy (non-hydrogen) atoms. The molecule has 0 saturated carbocycles. The van der Waals surface area contributed by atoms with Crippen LogP contribution >= 0.6 is 0 Å². The molecule has 0 aliphatic carbocycles. The van der Waals surface area contributed by atoms with E-state index in [1.165, 1.54) is 0 Å². The zero-order valence-corrected chi connectivity index (χ0v) is 17.9. The van der Waals surface area contributed by atoms with Crippen LogP contribution in [0.15, 0.2) is 24.3 Å². The molecule has 3 rings (SSSR count). The Morgan fingerprint density at radius 1 is 0.933 bits per heavy atom. The van der Waals surface area contributed by atoms with E-state index in [1.807, 2.05) is 13.8 Å². The fraction of sp³-hybridized carbons (Fsp3) is 0.565. The fourth-order valence-corrected chi connectivity index (χ4v) is 4.10. The lowest BCUT2D eigenvalue weighted by atomic mass is 10.0. The van der Waals surface area contributed by atoms with Gasteiger partial charge in [-0.05, 0) is 44.2 Å². The summed E-state index contributed by atoms with van der Waals surface area (Å²) in [4.78, 5) is 54.3. The van der Waals surface area contributed by atoms with E-state index < -0.39 is 29.9 Å². The number of rotatable bonds is 6. The SMILES string of the molecule is CC(C)C[C@@H](C(=O)O[C@H](C)C(=O)N1CCCCCC1)N1C(=O)c2ccccc2C1=O. The Balaban J connectivity index is 1.75. The van der Waals surface area contributed by atoms with E-state index in [9.17, 15) is 19.2 Å². The second-order valence-corrected chi connectivity index (χ2v) is 8.49. The number of amides is 3. The molecule has 7 heteroatoms. The number of benzene rings is 1. The minimum absolute atomic E-state index is 0.0449. The standard InChI is InChI=1S/C23H30N2O5/c1-15(2)14-19(25-21(27)17-10-6-7-11-18(17)22(25)28)23(29)30-16(3)20(26)24-12-8-4-5-9-13-24/h6-7,10-11,15-16,19H,4-5,8-9,12-14H2,1-3H3/t16-,19+/m1/s1. The van der Waals surface area contributed by atoms with E-state index in [1.54, 1.807) is 36.1 Å². The monoisotopic (exact) mass is 414 g/mol. The van der Waals surface area contributed by atoms with Gasteiger partial charge >= 0.3 is 5.97 Å². The first-order chi connectivity index (χ1) is 14.3. The molecule has 0 aromatic heterocycles. The third kappa shape index (κ3) is 4.55. The number of hydrogen-bond donors (Lipinski definition) is 0. The number of fused-ring (bicyclic) bond motifs is 1. The van der Waals surface area contributed by atoms with E-state index in [-0.39, 0.29) is 29.4 Å². The molecule has 1 aromatic carbocycles. The number of ether oxygens (including phenoxy) is 1. The highest BCUT2D eigenvalue weighted by Gasteiger charge is 2.44. The first kappa shape index (κ1) is 22.0. The molecule has 0 spiro atoms. The molecule has 2 heterocycles. The van der Waals surface area contributed by atoms with E-state index in [0.29, 0.717) is 13.1 Å². The average molecular weight is 415 g/mol. The lowest BCUT2D eigenvalue weighted by molar-refractivity contribution is -0.162. The highest BCUT2D eigenvalue weighted by molar-refractivity contribution is 6.22. The molecule has 2 atom stereocenters. The van der Waals surface area contributed by atoms with Gasteiger partial charge in [-0.3, -0.25) is 19.3 Å². The Labute approximate surface area is 177 Å². The highest BCUT2D eigenvalue weighted by atomic mass is 16.5. The van der Waals surface area contributed by atoms with Crippen LogP contribution in [0.3, 0.4) is 0 Å². The lowest BCUT2D eigenvalue weighted by Gasteiger charge is -2.29. The maximum absolute atomic E-state index is 13.0. The summed E-state index contributed by atoms with van der Waals surface area (Å²) in [7, 11) is 0. The second kappa shape index (κ2) is 9.41. The van der Waals surface area contributed by atoms with Crippen LogP contribution in [0, 0.1) is 5.92 Å². The van der Waals surface area contributed by atoms with Gasteiger partial charge in [0.05, 0.1) is 11.1 Å². The van der Waals surface area contributed by atoms with Gasteiger partial charge in [-0.25, -0.2) is 4.79 Å². The van der Waals surface area contributed by atoms with Gasteiger partial charge < -0.3 is 9.64 Å². The Kier molecular flexibility index (Phi) is 6.90. The first-order valence-electron chi connectivity index (χ1n) is 10.8. The van der Waals surface area contributed by atoms with Crippen molar-refractivity contribution >= 4 is 23.7 Å². The van der Waals surface area contributed by atoms with E-state index in [4.69, 9.17) is 4.74 Å². The first-order valence-corrected chi connectivity index (χ1v) is 10.8. The maximum atomic E-state index is 13.0. The van der Waals surface area contributed by atoms with Gasteiger partial charge in [0.15, 0.2) is 6.10 Å². The molecule has 7 nitrogen and oxygen atoms in total. The number of imide groups is 1. The Morgan fingerprint density at radius 3 is 1.97 bits per heavy atom. The number of carbonyl (C=O) groups is 4. The van der Waals surface area contributed by atoms with Crippen molar-refractivity contribution < 1.29 is 23.9 Å². The van der Waals surface area contributed by atoms with Crippen molar-refractivity contribution in [3.63, 3.8) is 0 Å². The van der Waals surface area contributed by atoms with Crippen molar-refractivity contribution in [1.82, 2.24) is 9.80 Å². The lowest BCUT2D eigenvalue weighted by Crippen LogP contribution is -2.49. The minimum Gasteiger partial charge on any atom is -0.451 e. The Bertz CT molecular complexity index is 792. The molecule has 0 N–H and O–H groups in total. The zero-order chi connectivity index (χ0) is 21.8. The van der Waals surface area contributed by atoms with Gasteiger partial charge in [-0.15, -0.1) is 0 Å². The molecule has 2 aliphatic heterocycles. The summed E-state index contributed by atoms with van der Waals surface area (Å²) >= 11 is 0. The summed E-state index contributed by atoms with van der Waals surface area (Å²) < 4.78 is 5.50. The maximum Gasteiger partial charge on any atom is 0.330 e. The van der Waals surface area contributed by atoms with Gasteiger partial charge in [0.2, 0.25) is 0 Å². The number of esters is 1. The Morgan fingerprint density at radius 2 is 1.47 bits per heavy atom. The minimum atomic E-state index is -1.06. The molecule has 2 aliphatic rings. The quantitative estimate of drug-likeness (QED) is 0.528. The smallest absolute Gasteiger partial charge is 0.330 e. The van der Waals surface area contributed by atoms with Crippen molar-refractivity contribution in [2.24, 2.45) is 5.92 Å². The predicted molar refractivity (Wildman–Crippen MR) is 111 cm³/mol. The topological polar surface area (TPSA) is 84.0 Å². The van der Waals surface area contributed by atoms with Crippen LogP contribution in [-0.2, 0) is 14.3 Å². The normalized spacial score (nSPS) is 18.8. The van der Waals surface area contributed by atoms with Crippen molar-refractivity contribution in [1.29, 1.82) is 0 Å². The second-order valence-electron chi connectivity index (χ2n) is 8.49. The summed E-state index contributed by atoms with van der Waals surface area (Å²) in [5.74, 6) is -1.89. The van der Waals surface area contributed by atoms with Crippen LogP contribution in [0.1, 0.15) is 73.6 Å². The van der Waals surface area contributed by atoms with Crippen molar-refractivity contribution in [3.8, 4) is 0 Å². The largest absolute Gasteiger partial charge is 0.451 e. The third-order valence-electron chi connectivity index (χ3n) is 5.66. The van der Waals surface area contributed by atoms with Gasteiger partial charge in [0.1, 0.15) is 6.04 Å². The summed E-state index contributed by atoms with van der Waals surface area (Å²) in [6.07, 6.45) is 3.38. The van der Waals surface area contributed by atoms with Gasteiger partial charge in [-0.2, -0.15) is 0 Å². The molecule has 0 radical (unpaired) electrons. The number of likely N-dealkylation sites (tertiary alicyclic amines) is 1. The third-order valence-corrected chi connectivity index (χ3v) is 5.66. The fourth-order valence-electron chi connectivity index (χ4n) is 4.10. The van der Waals surface area contributed by atoms with Gasteiger partial charge in [0.25, 0.3) is 17.7 Å². The summed E-state index contributed by atoms with van der Waals surface area (Å²) in [6, 6.07) is 5.48. The number of carbonyl (C=O) groups excluding carboxylic acids is 4. The summed E-state index contributed by atoms with van der Waals surface area (Å²) in [5, 5.41) is 0. The summed E-state index contributed by atoms with van der Waals surface area (Å²) in [6.45, 7) is 6.69. The zero-order valence-electron chi connectivity index (χ0n) is 17.9. The summed E-state index contributed by atoms with van der Waals surface area (Å²) in [5.41, 5.74) is 0.579. The molecule has 0 bridgehead atoms. The van der Waals surface area contributed by atoms with Crippen LogP contribution in [0.2, 0.25) is 0 Å². The Hall–Kier alpha value is -2.70. The molecular weight excluding hydrogens is 384 g/mol. The van der Waals surface area contributed by atoms with Crippen LogP contribution < -0.4 is 0 Å². The van der Waals surface area contributed by atoms with Crippen LogP contribution in [-0.4, -0.2) is 58.7 Å². The van der Waals surface area contributed by atoms with E-state index in [0.717, 1.165) is 30.6 Å². The molecule has 1 fully saturated rings. The van der Waals surface area contributed by atoms with Gasteiger partial charge in [0, 0.05) is 13.1 Å². The van der Waals surface area contributed by atoms with Crippen LogP contribution in [0.4, 0.5) is 0 Å².